The van der Waals surface area contributed by atoms with E-state index in [-0.39, 0.29) is 12.3 Å². The monoisotopic (exact) mass is 284 g/mol. The number of carbonyl (C=O) groups is 1. The number of nitrogens with zero attached hydrogens (tertiary/aromatic N) is 1. The van der Waals surface area contributed by atoms with Gasteiger partial charge in [-0.25, -0.2) is 0 Å². The fraction of sp³-hybridized carbons (Fsp3) is 0.125. The van der Waals surface area contributed by atoms with E-state index in [0.717, 1.165) is 17.0 Å². The highest BCUT2D eigenvalue weighted by Gasteiger charge is 2.01. The summed E-state index contributed by atoms with van der Waals surface area (Å²) in [5.74, 6) is -0.294. The van der Waals surface area contributed by atoms with Gasteiger partial charge >= 0.3 is 0 Å². The van der Waals surface area contributed by atoms with Gasteiger partial charge in [0, 0.05) is 10.7 Å². The molecule has 0 saturated heterocycles. The molecule has 0 aromatic heterocycles. The number of rotatable bonds is 4. The van der Waals surface area contributed by atoms with Gasteiger partial charge in [-0.15, -0.1) is 0 Å². The minimum atomic E-state index is -0.294. The molecule has 2 aromatic rings. The largest absolute Gasteiger partial charge is 0.325 e. The molecule has 3 nitrogen and oxygen atoms in total. The molecule has 0 bridgehead atoms. The Morgan fingerprint density at radius 3 is 2.15 bits per heavy atom. The van der Waals surface area contributed by atoms with Crippen LogP contribution in [0.3, 0.4) is 0 Å². The van der Waals surface area contributed by atoms with E-state index in [1.165, 1.54) is 5.56 Å². The number of amides is 1. The van der Waals surface area contributed by atoms with Gasteiger partial charge in [0.05, 0.1) is 6.07 Å². The summed E-state index contributed by atoms with van der Waals surface area (Å²) in [5.41, 5.74) is 3.02. The summed E-state index contributed by atoms with van der Waals surface area (Å²) in [5, 5.41) is 11.8. The van der Waals surface area contributed by atoms with Crippen LogP contribution in [-0.2, 0) is 11.2 Å². The normalized spacial score (nSPS) is 9.80. The van der Waals surface area contributed by atoms with E-state index in [1.54, 1.807) is 0 Å². The summed E-state index contributed by atoms with van der Waals surface area (Å²) in [6, 6.07) is 17.1. The quantitative estimate of drug-likeness (QED) is 0.929. The molecule has 0 fully saturated rings. The van der Waals surface area contributed by atoms with Crippen molar-refractivity contribution >= 4 is 23.2 Å². The lowest BCUT2D eigenvalue weighted by atomic mass is 10.0. The van der Waals surface area contributed by atoms with Crippen LogP contribution in [0.2, 0.25) is 5.02 Å². The Morgan fingerprint density at radius 2 is 1.60 bits per heavy atom. The molecule has 100 valence electrons. The van der Waals surface area contributed by atoms with Crippen molar-refractivity contribution in [3.8, 4) is 6.07 Å². The van der Waals surface area contributed by atoms with Crippen LogP contribution in [0.1, 0.15) is 17.5 Å². The first-order valence-corrected chi connectivity index (χ1v) is 6.55. The zero-order chi connectivity index (χ0) is 14.4. The summed E-state index contributed by atoms with van der Waals surface area (Å²) >= 11 is 5.85. The number of hydrogen-bond donors (Lipinski definition) is 1. The Balaban J connectivity index is 1.99. The molecular weight excluding hydrogens is 272 g/mol. The van der Waals surface area contributed by atoms with Gasteiger partial charge in [0.2, 0.25) is 5.91 Å². The van der Waals surface area contributed by atoms with Crippen molar-refractivity contribution in [2.75, 3.05) is 5.32 Å². The summed E-state index contributed by atoms with van der Waals surface area (Å²) in [6.07, 6.45) is 0.677. The van der Waals surface area contributed by atoms with Crippen molar-refractivity contribution in [2.24, 2.45) is 0 Å². The van der Waals surface area contributed by atoms with E-state index in [4.69, 9.17) is 16.9 Å². The van der Waals surface area contributed by atoms with Gasteiger partial charge in [-0.05, 0) is 41.8 Å². The number of carbonyl (C=O) groups excluding carboxylic acids is 1. The maximum absolute atomic E-state index is 11.3. The average Bonchev–Trinajstić information content (AvgIpc) is 2.44. The van der Waals surface area contributed by atoms with E-state index in [2.05, 4.69) is 5.32 Å². The lowest BCUT2D eigenvalue weighted by Gasteiger charge is -2.05. The zero-order valence-corrected chi connectivity index (χ0v) is 11.5. The Kier molecular flexibility index (Phi) is 4.75. The maximum atomic E-state index is 11.3. The van der Waals surface area contributed by atoms with E-state index < -0.39 is 0 Å². The molecule has 0 atom stereocenters. The molecule has 20 heavy (non-hydrogen) atoms. The first-order chi connectivity index (χ1) is 9.67. The second-order valence-corrected chi connectivity index (χ2v) is 4.82. The molecule has 4 heteroatoms. The van der Waals surface area contributed by atoms with Crippen LogP contribution in [0.25, 0.3) is 0 Å². The predicted octanol–water partition coefficient (Wildman–Crippen LogP) is 3.78. The van der Waals surface area contributed by atoms with Crippen molar-refractivity contribution in [2.45, 2.75) is 12.8 Å². The minimum absolute atomic E-state index is 0.132. The number of hydrogen-bond acceptors (Lipinski definition) is 2. The Morgan fingerprint density at radius 1 is 1.05 bits per heavy atom. The van der Waals surface area contributed by atoms with Gasteiger partial charge in [-0.2, -0.15) is 5.26 Å². The third kappa shape index (κ3) is 4.11. The highest BCUT2D eigenvalue weighted by Crippen LogP contribution is 2.16. The van der Waals surface area contributed by atoms with Crippen molar-refractivity contribution in [3.05, 3.63) is 64.7 Å². The van der Waals surface area contributed by atoms with Crippen molar-refractivity contribution < 1.29 is 4.79 Å². The molecule has 0 heterocycles. The second kappa shape index (κ2) is 6.74. The summed E-state index contributed by atoms with van der Waals surface area (Å²) in [4.78, 5) is 11.3. The van der Waals surface area contributed by atoms with Gasteiger partial charge < -0.3 is 5.32 Å². The van der Waals surface area contributed by atoms with Crippen LogP contribution in [0, 0.1) is 11.3 Å². The summed E-state index contributed by atoms with van der Waals surface area (Å²) in [6.45, 7) is 0. The Bertz CT molecular complexity index is 627. The van der Waals surface area contributed by atoms with Crippen LogP contribution in [-0.4, -0.2) is 5.91 Å². The molecule has 0 aliphatic carbocycles. The smallest absolute Gasteiger partial charge is 0.238 e. The van der Waals surface area contributed by atoms with Gasteiger partial charge in [0.25, 0.3) is 0 Å². The van der Waals surface area contributed by atoms with Crippen LogP contribution in [0.15, 0.2) is 48.5 Å². The van der Waals surface area contributed by atoms with Crippen molar-refractivity contribution in [1.29, 1.82) is 5.26 Å². The lowest BCUT2D eigenvalue weighted by molar-refractivity contribution is -0.115. The fourth-order valence-electron chi connectivity index (χ4n) is 1.82. The Labute approximate surface area is 122 Å². The first kappa shape index (κ1) is 14.1. The van der Waals surface area contributed by atoms with Crippen LogP contribution < -0.4 is 5.32 Å². The fourth-order valence-corrected chi connectivity index (χ4v) is 1.95. The summed E-state index contributed by atoms with van der Waals surface area (Å²) in [7, 11) is 0. The molecule has 1 N–H and O–H groups in total. The van der Waals surface area contributed by atoms with E-state index >= 15 is 0 Å². The molecule has 0 aliphatic heterocycles. The van der Waals surface area contributed by atoms with Crippen LogP contribution in [0.5, 0.6) is 0 Å². The molecule has 2 aromatic carbocycles. The second-order valence-electron chi connectivity index (χ2n) is 4.38. The molecule has 0 radical (unpaired) electrons. The molecule has 1 amide bonds. The van der Waals surface area contributed by atoms with Crippen LogP contribution >= 0.6 is 11.6 Å². The van der Waals surface area contributed by atoms with Gasteiger partial charge in [0.1, 0.15) is 6.42 Å². The van der Waals surface area contributed by atoms with E-state index in [1.807, 2.05) is 54.6 Å². The zero-order valence-electron chi connectivity index (χ0n) is 10.8. The van der Waals surface area contributed by atoms with Crippen LogP contribution in [0.4, 0.5) is 5.69 Å². The predicted molar refractivity (Wildman–Crippen MR) is 79.6 cm³/mol. The molecule has 0 saturated carbocycles. The van der Waals surface area contributed by atoms with Crippen molar-refractivity contribution in [3.63, 3.8) is 0 Å². The number of nitrogens with one attached hydrogen (secondary N) is 1. The number of nitriles is 1. The minimum Gasteiger partial charge on any atom is -0.325 e. The SMILES string of the molecule is N#CCC(=O)Nc1ccc(Cc2ccc(Cl)cc2)cc1. The van der Waals surface area contributed by atoms with E-state index in [0.29, 0.717) is 5.69 Å². The molecule has 0 unspecified atom stereocenters. The third-order valence-electron chi connectivity index (χ3n) is 2.80. The van der Waals surface area contributed by atoms with Gasteiger partial charge in [-0.3, -0.25) is 4.79 Å². The standard InChI is InChI=1S/C16H13ClN2O/c17-14-5-1-12(2-6-14)11-13-3-7-15(8-4-13)19-16(20)9-10-18/h1-8H,9,11H2,(H,19,20). The number of anilines is 1. The first-order valence-electron chi connectivity index (χ1n) is 6.17. The topological polar surface area (TPSA) is 52.9 Å². The molecule has 2 rings (SSSR count). The number of benzene rings is 2. The Hall–Kier alpha value is -2.31. The highest BCUT2D eigenvalue weighted by atomic mass is 35.5. The summed E-state index contributed by atoms with van der Waals surface area (Å²) < 4.78 is 0. The average molecular weight is 285 g/mol. The van der Waals surface area contributed by atoms with Crippen molar-refractivity contribution in [1.82, 2.24) is 0 Å². The maximum Gasteiger partial charge on any atom is 0.238 e. The van der Waals surface area contributed by atoms with Gasteiger partial charge in [0.15, 0.2) is 0 Å². The third-order valence-corrected chi connectivity index (χ3v) is 3.05. The molecule has 0 spiro atoms. The van der Waals surface area contributed by atoms with E-state index in [9.17, 15) is 4.79 Å². The number of halogens is 1. The molecular formula is C16H13ClN2O. The van der Waals surface area contributed by atoms with Gasteiger partial charge in [-0.1, -0.05) is 35.9 Å². The highest BCUT2D eigenvalue weighted by molar-refractivity contribution is 6.30. The lowest BCUT2D eigenvalue weighted by Crippen LogP contribution is -2.09. The molecule has 0 aliphatic rings.